The minimum Gasteiger partial charge on any atom is -0.356 e. The molecule has 1 aliphatic rings. The summed E-state index contributed by atoms with van der Waals surface area (Å²) >= 11 is 1.83. The highest BCUT2D eigenvalue weighted by molar-refractivity contribution is 14.0. The van der Waals surface area contributed by atoms with Crippen molar-refractivity contribution in [1.82, 2.24) is 20.5 Å². The van der Waals surface area contributed by atoms with Gasteiger partial charge in [-0.3, -0.25) is 4.99 Å². The first-order valence-electron chi connectivity index (χ1n) is 10.6. The fourth-order valence-electron chi connectivity index (χ4n) is 3.56. The summed E-state index contributed by atoms with van der Waals surface area (Å²) in [6.07, 6.45) is 3.01. The van der Waals surface area contributed by atoms with Gasteiger partial charge in [0.1, 0.15) is 5.82 Å². The van der Waals surface area contributed by atoms with Crippen LogP contribution in [-0.2, 0) is 13.0 Å². The number of hydrogen-bond acceptors (Lipinski definition) is 5. The number of pyridine rings is 1. The predicted molar refractivity (Wildman–Crippen MR) is 139 cm³/mol. The second-order valence-corrected chi connectivity index (χ2v) is 8.67. The Bertz CT molecular complexity index is 759. The highest BCUT2D eigenvalue weighted by Gasteiger charge is 2.16. The van der Waals surface area contributed by atoms with Crippen molar-refractivity contribution >= 4 is 47.1 Å². The fourth-order valence-corrected chi connectivity index (χ4v) is 4.43. The molecule has 2 aromatic heterocycles. The van der Waals surface area contributed by atoms with Crippen LogP contribution in [0.2, 0.25) is 0 Å². The standard InChI is InChI=1S/C22H34N6S.HI/c1-4-27-9-11-28(12-10-27)21-15-19(7-8-24-21)17-26-22(23-3)25-16-18(2)14-20-6-5-13-29-20;/h5-8,13,15,18H,4,9-12,14,16-17H2,1-3H3,(H2,23,25,26);1H. The molecule has 0 amide bonds. The van der Waals surface area contributed by atoms with Gasteiger partial charge < -0.3 is 20.4 Å². The molecule has 166 valence electrons. The Labute approximate surface area is 202 Å². The lowest BCUT2D eigenvalue weighted by Crippen LogP contribution is -2.46. The van der Waals surface area contributed by atoms with Crippen molar-refractivity contribution in [2.75, 3.05) is 51.2 Å². The maximum Gasteiger partial charge on any atom is 0.191 e. The number of likely N-dealkylation sites (N-methyl/N-ethyl adjacent to an activating group) is 1. The van der Waals surface area contributed by atoms with E-state index in [0.29, 0.717) is 5.92 Å². The lowest BCUT2D eigenvalue weighted by molar-refractivity contribution is 0.270. The molecule has 0 aromatic carbocycles. The van der Waals surface area contributed by atoms with Crippen LogP contribution in [0.5, 0.6) is 0 Å². The number of rotatable bonds is 8. The second kappa shape index (κ2) is 13.1. The molecule has 1 fully saturated rings. The van der Waals surface area contributed by atoms with Gasteiger partial charge in [0.2, 0.25) is 0 Å². The monoisotopic (exact) mass is 542 g/mol. The highest BCUT2D eigenvalue weighted by atomic mass is 127. The molecule has 0 bridgehead atoms. The Morgan fingerprint density at radius 3 is 2.70 bits per heavy atom. The molecule has 3 heterocycles. The fraction of sp³-hybridized carbons (Fsp3) is 0.545. The average Bonchev–Trinajstić information content (AvgIpc) is 3.27. The van der Waals surface area contributed by atoms with Gasteiger partial charge in [-0.15, -0.1) is 35.3 Å². The van der Waals surface area contributed by atoms with Gasteiger partial charge in [-0.2, -0.15) is 0 Å². The summed E-state index contributed by atoms with van der Waals surface area (Å²) in [5.74, 6) is 2.48. The van der Waals surface area contributed by atoms with Crippen molar-refractivity contribution in [2.24, 2.45) is 10.9 Å². The van der Waals surface area contributed by atoms with E-state index in [1.807, 2.05) is 24.6 Å². The first-order chi connectivity index (χ1) is 14.2. The summed E-state index contributed by atoms with van der Waals surface area (Å²) in [7, 11) is 1.82. The molecule has 8 heteroatoms. The van der Waals surface area contributed by atoms with Gasteiger partial charge in [0, 0.05) is 57.4 Å². The molecule has 0 saturated carbocycles. The molecule has 6 nitrogen and oxygen atoms in total. The van der Waals surface area contributed by atoms with Crippen LogP contribution >= 0.6 is 35.3 Å². The summed E-state index contributed by atoms with van der Waals surface area (Å²) in [6, 6.07) is 8.59. The lowest BCUT2D eigenvalue weighted by atomic mass is 10.1. The van der Waals surface area contributed by atoms with Gasteiger partial charge >= 0.3 is 0 Å². The first-order valence-corrected chi connectivity index (χ1v) is 11.4. The summed E-state index contributed by atoms with van der Waals surface area (Å²) in [4.78, 5) is 15.3. The van der Waals surface area contributed by atoms with E-state index in [-0.39, 0.29) is 24.0 Å². The molecular weight excluding hydrogens is 507 g/mol. The van der Waals surface area contributed by atoms with Crippen molar-refractivity contribution < 1.29 is 0 Å². The number of nitrogens with zero attached hydrogens (tertiary/aromatic N) is 4. The van der Waals surface area contributed by atoms with Crippen molar-refractivity contribution in [3.05, 3.63) is 46.3 Å². The highest BCUT2D eigenvalue weighted by Crippen LogP contribution is 2.15. The third-order valence-corrected chi connectivity index (χ3v) is 6.28. The van der Waals surface area contributed by atoms with Gasteiger partial charge in [-0.05, 0) is 48.0 Å². The number of hydrogen-bond donors (Lipinski definition) is 2. The average molecular weight is 543 g/mol. The maximum atomic E-state index is 4.59. The number of thiophene rings is 1. The Morgan fingerprint density at radius 1 is 1.23 bits per heavy atom. The van der Waals surface area contributed by atoms with E-state index in [1.54, 1.807) is 0 Å². The van der Waals surface area contributed by atoms with E-state index >= 15 is 0 Å². The largest absolute Gasteiger partial charge is 0.356 e. The van der Waals surface area contributed by atoms with E-state index in [0.717, 1.165) is 64.0 Å². The van der Waals surface area contributed by atoms with Crippen molar-refractivity contribution in [3.63, 3.8) is 0 Å². The molecule has 1 aliphatic heterocycles. The van der Waals surface area contributed by atoms with Crippen molar-refractivity contribution in [2.45, 2.75) is 26.8 Å². The number of nitrogens with one attached hydrogen (secondary N) is 2. The van der Waals surface area contributed by atoms with Crippen LogP contribution in [0.1, 0.15) is 24.3 Å². The van der Waals surface area contributed by atoms with Gasteiger partial charge in [0.15, 0.2) is 5.96 Å². The van der Waals surface area contributed by atoms with E-state index in [4.69, 9.17) is 0 Å². The molecular formula is C22H35IN6S. The molecule has 2 aromatic rings. The Balaban J connectivity index is 0.00000320. The lowest BCUT2D eigenvalue weighted by Gasteiger charge is -2.34. The van der Waals surface area contributed by atoms with Crippen LogP contribution in [-0.4, -0.2) is 62.2 Å². The van der Waals surface area contributed by atoms with E-state index in [1.165, 1.54) is 10.4 Å². The summed E-state index contributed by atoms with van der Waals surface area (Å²) in [6.45, 7) is 11.6. The number of aliphatic imine (C=N–C) groups is 1. The van der Waals surface area contributed by atoms with E-state index in [9.17, 15) is 0 Å². The SMILES string of the molecule is CCN1CCN(c2cc(CNC(=NC)NCC(C)Cc3cccs3)ccn2)CC1.I. The van der Waals surface area contributed by atoms with Crippen LogP contribution in [0, 0.1) is 5.92 Å². The van der Waals surface area contributed by atoms with Crippen LogP contribution in [0.3, 0.4) is 0 Å². The quantitative estimate of drug-likeness (QED) is 0.304. The molecule has 30 heavy (non-hydrogen) atoms. The maximum absolute atomic E-state index is 4.59. The zero-order valence-corrected chi connectivity index (χ0v) is 21.5. The predicted octanol–water partition coefficient (Wildman–Crippen LogP) is 3.45. The summed E-state index contributed by atoms with van der Waals surface area (Å²) in [5.41, 5.74) is 1.22. The van der Waals surface area contributed by atoms with E-state index < -0.39 is 0 Å². The number of aromatic nitrogens is 1. The zero-order valence-electron chi connectivity index (χ0n) is 18.3. The van der Waals surface area contributed by atoms with Crippen LogP contribution in [0.4, 0.5) is 5.82 Å². The molecule has 1 unspecified atom stereocenters. The third kappa shape index (κ3) is 7.70. The molecule has 0 spiro atoms. The molecule has 1 atom stereocenters. The molecule has 0 radical (unpaired) electrons. The van der Waals surface area contributed by atoms with Crippen molar-refractivity contribution in [1.29, 1.82) is 0 Å². The zero-order chi connectivity index (χ0) is 20.5. The Morgan fingerprint density at radius 2 is 2.03 bits per heavy atom. The molecule has 1 saturated heterocycles. The topological polar surface area (TPSA) is 55.8 Å². The normalized spacial score (nSPS) is 16.1. The minimum atomic E-state index is 0. The minimum absolute atomic E-state index is 0. The van der Waals surface area contributed by atoms with Gasteiger partial charge in [0.05, 0.1) is 0 Å². The second-order valence-electron chi connectivity index (χ2n) is 7.64. The van der Waals surface area contributed by atoms with E-state index in [2.05, 4.69) is 73.9 Å². The molecule has 3 rings (SSSR count). The van der Waals surface area contributed by atoms with Crippen LogP contribution in [0.25, 0.3) is 0 Å². The smallest absolute Gasteiger partial charge is 0.191 e. The first kappa shape index (κ1) is 24.9. The van der Waals surface area contributed by atoms with Gasteiger partial charge in [-0.1, -0.05) is 19.9 Å². The Hall–Kier alpha value is -1.39. The molecule has 0 aliphatic carbocycles. The number of piperazine rings is 1. The summed E-state index contributed by atoms with van der Waals surface area (Å²) in [5, 5.41) is 9.03. The van der Waals surface area contributed by atoms with Crippen LogP contribution in [0.15, 0.2) is 40.8 Å². The summed E-state index contributed by atoms with van der Waals surface area (Å²) < 4.78 is 0. The number of halogens is 1. The van der Waals surface area contributed by atoms with Crippen molar-refractivity contribution in [3.8, 4) is 0 Å². The third-order valence-electron chi connectivity index (χ3n) is 5.38. The number of guanidine groups is 1. The van der Waals surface area contributed by atoms with Crippen LogP contribution < -0.4 is 15.5 Å². The van der Waals surface area contributed by atoms with Gasteiger partial charge in [0.25, 0.3) is 0 Å². The molecule has 2 N–H and O–H groups in total. The van der Waals surface area contributed by atoms with Gasteiger partial charge in [-0.25, -0.2) is 4.98 Å². The number of anilines is 1. The Kier molecular flexibility index (Phi) is 10.9.